The molecule has 0 aromatic heterocycles. The molecule has 1 aromatic carbocycles. The van der Waals surface area contributed by atoms with Crippen LogP contribution in [0.1, 0.15) is 27.7 Å². The van der Waals surface area contributed by atoms with Gasteiger partial charge in [0.1, 0.15) is 18.0 Å². The number of hydrogen-bond acceptors (Lipinski definition) is 4. The van der Waals surface area contributed by atoms with Crippen molar-refractivity contribution in [3.8, 4) is 5.75 Å². The minimum Gasteiger partial charge on any atom is -0.492 e. The van der Waals surface area contributed by atoms with Crippen LogP contribution in [0, 0.1) is 0 Å². The van der Waals surface area contributed by atoms with Crippen LogP contribution >= 0.6 is 15.9 Å². The number of piperazine rings is 1. The highest BCUT2D eigenvalue weighted by atomic mass is 79.9. The third-order valence-corrected chi connectivity index (χ3v) is 4.35. The Morgan fingerprint density at radius 2 is 2.08 bits per heavy atom. The van der Waals surface area contributed by atoms with Gasteiger partial charge >= 0.3 is 6.09 Å². The molecule has 1 saturated heterocycles. The summed E-state index contributed by atoms with van der Waals surface area (Å²) >= 11 is 3.44. The lowest BCUT2D eigenvalue weighted by Gasteiger charge is -2.40. The van der Waals surface area contributed by atoms with Crippen molar-refractivity contribution in [2.45, 2.75) is 39.3 Å². The third kappa shape index (κ3) is 5.98. The first-order valence-corrected chi connectivity index (χ1v) is 9.14. The maximum absolute atomic E-state index is 12.2. The summed E-state index contributed by atoms with van der Waals surface area (Å²) in [5.41, 5.74) is -0.449. The molecule has 0 spiro atoms. The van der Waals surface area contributed by atoms with E-state index in [-0.39, 0.29) is 12.1 Å². The summed E-state index contributed by atoms with van der Waals surface area (Å²) in [6.07, 6.45) is -0.223. The molecule has 1 fully saturated rings. The number of carbonyl (C=O) groups excluding carboxylic acids is 1. The number of hydrogen-bond donors (Lipinski definition) is 0. The zero-order valence-electron chi connectivity index (χ0n) is 14.9. The summed E-state index contributed by atoms with van der Waals surface area (Å²) in [7, 11) is 0. The molecular formula is C18H27BrN2O3. The second-order valence-electron chi connectivity index (χ2n) is 7.12. The zero-order valence-corrected chi connectivity index (χ0v) is 16.5. The fraction of sp³-hybridized carbons (Fsp3) is 0.611. The predicted molar refractivity (Wildman–Crippen MR) is 98.5 cm³/mol. The van der Waals surface area contributed by atoms with Gasteiger partial charge in [0.05, 0.1) is 0 Å². The first kappa shape index (κ1) is 19.1. The second kappa shape index (κ2) is 8.21. The first-order chi connectivity index (χ1) is 11.2. The summed E-state index contributed by atoms with van der Waals surface area (Å²) in [6.45, 7) is 11.5. The van der Waals surface area contributed by atoms with Crippen LogP contribution in [-0.2, 0) is 4.74 Å². The SMILES string of the molecule is C[C@H]1CN(C(=O)OC(C)(C)C)CCN1CCOc1cccc(Br)c1. The van der Waals surface area contributed by atoms with Gasteiger partial charge in [-0.2, -0.15) is 0 Å². The van der Waals surface area contributed by atoms with Crippen molar-refractivity contribution in [1.29, 1.82) is 0 Å². The van der Waals surface area contributed by atoms with E-state index in [0.29, 0.717) is 19.7 Å². The molecule has 5 nitrogen and oxygen atoms in total. The van der Waals surface area contributed by atoms with Crippen LogP contribution in [-0.4, -0.2) is 60.3 Å². The molecule has 0 aliphatic carbocycles. The van der Waals surface area contributed by atoms with Crippen LogP contribution in [0.25, 0.3) is 0 Å². The van der Waals surface area contributed by atoms with Crippen LogP contribution in [0.4, 0.5) is 4.79 Å². The molecule has 1 aliphatic rings. The third-order valence-electron chi connectivity index (χ3n) is 3.86. The van der Waals surface area contributed by atoms with Crippen molar-refractivity contribution in [2.75, 3.05) is 32.8 Å². The van der Waals surface area contributed by atoms with Gasteiger partial charge in [-0.05, 0) is 45.9 Å². The Labute approximate surface area is 153 Å². The molecule has 24 heavy (non-hydrogen) atoms. The van der Waals surface area contributed by atoms with E-state index >= 15 is 0 Å². The monoisotopic (exact) mass is 398 g/mol. The minimum absolute atomic E-state index is 0.223. The zero-order chi connectivity index (χ0) is 17.7. The average molecular weight is 399 g/mol. The fourth-order valence-electron chi connectivity index (χ4n) is 2.66. The van der Waals surface area contributed by atoms with Crippen LogP contribution in [0.15, 0.2) is 28.7 Å². The quantitative estimate of drug-likeness (QED) is 0.773. The summed E-state index contributed by atoms with van der Waals surface area (Å²) in [5.74, 6) is 0.865. The van der Waals surface area contributed by atoms with Crippen LogP contribution in [0.5, 0.6) is 5.75 Å². The summed E-state index contributed by atoms with van der Waals surface area (Å²) in [6, 6.07) is 8.14. The van der Waals surface area contributed by atoms with Gasteiger partial charge in [-0.15, -0.1) is 0 Å². The first-order valence-electron chi connectivity index (χ1n) is 8.35. The van der Waals surface area contributed by atoms with Crippen LogP contribution in [0.2, 0.25) is 0 Å². The number of carbonyl (C=O) groups is 1. The van der Waals surface area contributed by atoms with Gasteiger partial charge in [-0.1, -0.05) is 22.0 Å². The number of amides is 1. The predicted octanol–water partition coefficient (Wildman–Crippen LogP) is 3.77. The normalized spacial score (nSPS) is 19.2. The van der Waals surface area contributed by atoms with Gasteiger partial charge < -0.3 is 14.4 Å². The van der Waals surface area contributed by atoms with Crippen LogP contribution < -0.4 is 4.74 Å². The Hall–Kier alpha value is -1.27. The molecule has 134 valence electrons. The van der Waals surface area contributed by atoms with Crippen molar-refractivity contribution in [2.24, 2.45) is 0 Å². The van der Waals surface area contributed by atoms with Crippen molar-refractivity contribution >= 4 is 22.0 Å². The Balaban J connectivity index is 1.76. The summed E-state index contributed by atoms with van der Waals surface area (Å²) < 4.78 is 12.3. The molecule has 1 aromatic rings. The van der Waals surface area contributed by atoms with Crippen molar-refractivity contribution in [3.63, 3.8) is 0 Å². The maximum Gasteiger partial charge on any atom is 0.410 e. The average Bonchev–Trinajstić information content (AvgIpc) is 2.47. The highest BCUT2D eigenvalue weighted by Gasteiger charge is 2.29. The molecule has 1 heterocycles. The van der Waals surface area contributed by atoms with E-state index in [4.69, 9.17) is 9.47 Å². The summed E-state index contributed by atoms with van der Waals surface area (Å²) in [4.78, 5) is 16.3. The van der Waals surface area contributed by atoms with Gasteiger partial charge in [-0.3, -0.25) is 4.90 Å². The van der Waals surface area contributed by atoms with Crippen LogP contribution in [0.3, 0.4) is 0 Å². The number of halogens is 1. The molecule has 0 bridgehead atoms. The number of ether oxygens (including phenoxy) is 2. The minimum atomic E-state index is -0.449. The lowest BCUT2D eigenvalue weighted by molar-refractivity contribution is 0.00430. The van der Waals surface area contributed by atoms with Crippen molar-refractivity contribution in [3.05, 3.63) is 28.7 Å². The van der Waals surface area contributed by atoms with E-state index in [1.807, 2.05) is 45.0 Å². The largest absolute Gasteiger partial charge is 0.492 e. The Kier molecular flexibility index (Phi) is 6.52. The van der Waals surface area contributed by atoms with Gasteiger partial charge in [0.2, 0.25) is 0 Å². The Morgan fingerprint density at radius 3 is 2.71 bits per heavy atom. The molecular weight excluding hydrogens is 372 g/mol. The van der Waals surface area contributed by atoms with Gasteiger partial charge in [0.25, 0.3) is 0 Å². The molecule has 0 saturated carbocycles. The van der Waals surface area contributed by atoms with Gasteiger partial charge in [0.15, 0.2) is 0 Å². The number of benzene rings is 1. The molecule has 2 rings (SSSR count). The lowest BCUT2D eigenvalue weighted by atomic mass is 10.2. The highest BCUT2D eigenvalue weighted by molar-refractivity contribution is 9.10. The standard InChI is InChI=1S/C18H27BrN2O3/c1-14-13-21(17(22)24-18(2,3)4)9-8-20(14)10-11-23-16-7-5-6-15(19)12-16/h5-7,12,14H,8-11,13H2,1-4H3/t14-/m0/s1. The maximum atomic E-state index is 12.2. The van der Waals surface area contributed by atoms with E-state index < -0.39 is 5.60 Å². The molecule has 0 unspecified atom stereocenters. The van der Waals surface area contributed by atoms with E-state index in [1.54, 1.807) is 4.90 Å². The molecule has 1 aliphatic heterocycles. The van der Waals surface area contributed by atoms with Crippen molar-refractivity contribution < 1.29 is 14.3 Å². The van der Waals surface area contributed by atoms with Gasteiger partial charge in [0, 0.05) is 36.7 Å². The topological polar surface area (TPSA) is 42.0 Å². The van der Waals surface area contributed by atoms with Gasteiger partial charge in [-0.25, -0.2) is 4.79 Å². The smallest absolute Gasteiger partial charge is 0.410 e. The van der Waals surface area contributed by atoms with E-state index in [1.165, 1.54) is 0 Å². The number of rotatable bonds is 4. The van der Waals surface area contributed by atoms with E-state index in [2.05, 4.69) is 27.8 Å². The molecule has 0 radical (unpaired) electrons. The Morgan fingerprint density at radius 1 is 1.33 bits per heavy atom. The second-order valence-corrected chi connectivity index (χ2v) is 8.03. The lowest BCUT2D eigenvalue weighted by Crippen LogP contribution is -2.55. The molecule has 6 heteroatoms. The van der Waals surface area contributed by atoms with Crippen molar-refractivity contribution in [1.82, 2.24) is 9.80 Å². The number of nitrogens with zero attached hydrogens (tertiary/aromatic N) is 2. The molecule has 1 atom stereocenters. The fourth-order valence-corrected chi connectivity index (χ4v) is 3.04. The highest BCUT2D eigenvalue weighted by Crippen LogP contribution is 2.18. The molecule has 0 N–H and O–H groups in total. The van der Waals surface area contributed by atoms with E-state index in [0.717, 1.165) is 23.3 Å². The Bertz CT molecular complexity index is 559. The summed E-state index contributed by atoms with van der Waals surface area (Å²) in [5, 5.41) is 0. The van der Waals surface area contributed by atoms with E-state index in [9.17, 15) is 4.79 Å². The molecule has 1 amide bonds.